The number of hydrogen-bond acceptors (Lipinski definition) is 3. The summed E-state index contributed by atoms with van der Waals surface area (Å²) in [7, 11) is 0. The van der Waals surface area contributed by atoms with Crippen molar-refractivity contribution in [2.75, 3.05) is 0 Å². The molecule has 6 nitrogen and oxygen atoms in total. The van der Waals surface area contributed by atoms with Crippen molar-refractivity contribution >= 4 is 17.9 Å². The Bertz CT molecular complexity index is 1010. The summed E-state index contributed by atoms with van der Waals surface area (Å²) in [5.41, 5.74) is -0.0229. The fourth-order valence-corrected chi connectivity index (χ4v) is 5.15. The molecule has 1 unspecified atom stereocenters. The largest absolute Gasteiger partial charge is 0.362 e. The van der Waals surface area contributed by atoms with Gasteiger partial charge in [-0.2, -0.15) is 9.78 Å². The fraction of sp³-hybridized carbons (Fsp3) is 0.400. The highest BCUT2D eigenvalue weighted by atomic mass is 19.1. The van der Waals surface area contributed by atoms with Crippen molar-refractivity contribution in [1.29, 1.82) is 0 Å². The molecule has 2 heterocycles. The summed E-state index contributed by atoms with van der Waals surface area (Å²) >= 11 is 0. The number of hydrogen-bond donors (Lipinski definition) is 0. The van der Waals surface area contributed by atoms with Crippen molar-refractivity contribution in [3.05, 3.63) is 59.1 Å². The molecule has 2 bridgehead atoms. The zero-order valence-corrected chi connectivity index (χ0v) is 15.0. The van der Waals surface area contributed by atoms with Crippen molar-refractivity contribution in [2.24, 2.45) is 15.9 Å². The van der Waals surface area contributed by atoms with Gasteiger partial charge in [0.25, 0.3) is 5.82 Å². The molecule has 1 amide bonds. The maximum atomic E-state index is 13.6. The topological polar surface area (TPSA) is 54.9 Å². The van der Waals surface area contributed by atoms with E-state index >= 15 is 0 Å². The third kappa shape index (κ3) is 2.39. The zero-order chi connectivity index (χ0) is 19.5. The molecule has 3 aliphatic carbocycles. The van der Waals surface area contributed by atoms with Crippen LogP contribution in [0.5, 0.6) is 0 Å². The van der Waals surface area contributed by atoms with Crippen LogP contribution in [0.25, 0.3) is 4.85 Å². The van der Waals surface area contributed by atoms with Crippen LogP contribution in [0.4, 0.5) is 14.6 Å². The second kappa shape index (κ2) is 5.71. The summed E-state index contributed by atoms with van der Waals surface area (Å²) in [6, 6.07) is 4.55. The third-order valence-corrected chi connectivity index (χ3v) is 6.20. The van der Waals surface area contributed by atoms with E-state index in [1.54, 1.807) is 23.2 Å². The highest BCUT2D eigenvalue weighted by molar-refractivity contribution is 5.88. The van der Waals surface area contributed by atoms with Crippen LogP contribution >= 0.6 is 0 Å². The van der Waals surface area contributed by atoms with E-state index in [9.17, 15) is 13.6 Å². The van der Waals surface area contributed by atoms with E-state index in [0.717, 1.165) is 25.3 Å². The van der Waals surface area contributed by atoms with Crippen LogP contribution < -0.4 is 0 Å². The Morgan fingerprint density at radius 1 is 1.25 bits per heavy atom. The third-order valence-electron chi connectivity index (χ3n) is 6.20. The molecule has 3 saturated carbocycles. The predicted molar refractivity (Wildman–Crippen MR) is 96.3 cm³/mol. The predicted octanol–water partition coefficient (Wildman–Crippen LogP) is 3.84. The SMILES string of the molecule is [C-]#[N+]c1ccnn1CC12CC(C(=O)N3N=CCC3c3cc(F)cc(F)c3)(C1)C2. The van der Waals surface area contributed by atoms with Gasteiger partial charge >= 0.3 is 0 Å². The summed E-state index contributed by atoms with van der Waals surface area (Å²) in [6.07, 6.45) is 5.86. The second-order valence-electron chi connectivity index (χ2n) is 8.17. The molecule has 1 aromatic carbocycles. The molecule has 1 aromatic heterocycles. The number of hydrazone groups is 1. The standard InChI is InChI=1S/C20H17F2N5O/c1-23-17-3-5-24-26(17)12-19-9-20(10-19,11-19)18(28)27-16(2-4-25-27)13-6-14(21)8-15(22)7-13/h3-8,16H,2,9-12H2. The van der Waals surface area contributed by atoms with Gasteiger partial charge in [-0.1, -0.05) is 6.57 Å². The van der Waals surface area contributed by atoms with Crippen molar-refractivity contribution < 1.29 is 13.6 Å². The molecule has 1 atom stereocenters. The van der Waals surface area contributed by atoms with E-state index in [1.165, 1.54) is 17.1 Å². The van der Waals surface area contributed by atoms with Gasteiger partial charge in [-0.15, -0.1) is 5.10 Å². The minimum atomic E-state index is -0.659. The highest BCUT2D eigenvalue weighted by Crippen LogP contribution is 2.74. The summed E-state index contributed by atoms with van der Waals surface area (Å²) < 4.78 is 28.9. The van der Waals surface area contributed by atoms with Crippen LogP contribution in [0.2, 0.25) is 0 Å². The lowest BCUT2D eigenvalue weighted by molar-refractivity contribution is -0.223. The number of carbonyl (C=O) groups is 1. The molecule has 1 aliphatic heterocycles. The minimum absolute atomic E-state index is 0.00498. The van der Waals surface area contributed by atoms with Gasteiger partial charge < -0.3 is 4.85 Å². The number of nitrogens with zero attached hydrogens (tertiary/aromatic N) is 5. The van der Waals surface area contributed by atoms with Gasteiger partial charge in [0, 0.05) is 24.1 Å². The fourth-order valence-electron chi connectivity index (χ4n) is 5.15. The summed E-state index contributed by atoms with van der Waals surface area (Å²) in [6.45, 7) is 7.82. The zero-order valence-electron chi connectivity index (χ0n) is 15.0. The van der Waals surface area contributed by atoms with Crippen LogP contribution in [0.15, 0.2) is 35.6 Å². The lowest BCUT2D eigenvalue weighted by Crippen LogP contribution is -2.68. The summed E-state index contributed by atoms with van der Waals surface area (Å²) in [4.78, 5) is 16.6. The lowest BCUT2D eigenvalue weighted by Gasteiger charge is -2.68. The maximum Gasteiger partial charge on any atom is 0.252 e. The molecule has 28 heavy (non-hydrogen) atoms. The molecule has 0 spiro atoms. The highest BCUT2D eigenvalue weighted by Gasteiger charge is 2.73. The van der Waals surface area contributed by atoms with Gasteiger partial charge in [-0.25, -0.2) is 13.8 Å². The first-order valence-corrected chi connectivity index (χ1v) is 9.15. The molecule has 142 valence electrons. The average Bonchev–Trinajstić information content (AvgIpc) is 3.24. The monoisotopic (exact) mass is 381 g/mol. The number of carbonyl (C=O) groups excluding carboxylic acids is 1. The van der Waals surface area contributed by atoms with Gasteiger partial charge in [0.15, 0.2) is 0 Å². The van der Waals surface area contributed by atoms with E-state index in [-0.39, 0.29) is 11.3 Å². The average molecular weight is 381 g/mol. The van der Waals surface area contributed by atoms with Crippen LogP contribution in [-0.2, 0) is 11.3 Å². The smallest absolute Gasteiger partial charge is 0.252 e. The van der Waals surface area contributed by atoms with Gasteiger partial charge in [0.2, 0.25) is 5.91 Å². The maximum absolute atomic E-state index is 13.6. The van der Waals surface area contributed by atoms with Gasteiger partial charge in [-0.3, -0.25) is 4.79 Å². The molecule has 0 N–H and O–H groups in total. The second-order valence-corrected chi connectivity index (χ2v) is 8.17. The molecular formula is C20H17F2N5O. The summed E-state index contributed by atoms with van der Waals surface area (Å²) in [5.74, 6) is -0.895. The first-order valence-electron chi connectivity index (χ1n) is 9.15. The van der Waals surface area contributed by atoms with E-state index in [0.29, 0.717) is 24.3 Å². The lowest BCUT2D eigenvalue weighted by atomic mass is 9.34. The molecule has 8 heteroatoms. The van der Waals surface area contributed by atoms with Crippen molar-refractivity contribution in [1.82, 2.24) is 14.8 Å². The van der Waals surface area contributed by atoms with Crippen LogP contribution in [0.1, 0.15) is 37.3 Å². The summed E-state index contributed by atoms with van der Waals surface area (Å²) in [5, 5.41) is 9.81. The molecule has 2 aromatic rings. The van der Waals surface area contributed by atoms with E-state index < -0.39 is 23.1 Å². The van der Waals surface area contributed by atoms with Crippen molar-refractivity contribution in [3.63, 3.8) is 0 Å². The number of aromatic nitrogens is 2. The Morgan fingerprint density at radius 3 is 2.64 bits per heavy atom. The van der Waals surface area contributed by atoms with Gasteiger partial charge in [0.05, 0.1) is 17.7 Å². The van der Waals surface area contributed by atoms with Crippen LogP contribution in [0.3, 0.4) is 0 Å². The first-order chi connectivity index (χ1) is 13.4. The Kier molecular flexibility index (Phi) is 3.48. The molecule has 6 rings (SSSR count). The number of rotatable bonds is 4. The van der Waals surface area contributed by atoms with Gasteiger partial charge in [-0.05, 0) is 43.0 Å². The van der Waals surface area contributed by atoms with Crippen molar-refractivity contribution in [3.8, 4) is 0 Å². The van der Waals surface area contributed by atoms with Crippen molar-refractivity contribution in [2.45, 2.75) is 38.3 Å². The Labute approximate surface area is 160 Å². The normalized spacial score (nSPS) is 29.9. The molecule has 4 aliphatic rings. The van der Waals surface area contributed by atoms with Gasteiger partial charge in [0.1, 0.15) is 18.2 Å². The van der Waals surface area contributed by atoms with E-state index in [4.69, 9.17) is 6.57 Å². The molecule has 0 radical (unpaired) electrons. The van der Waals surface area contributed by atoms with E-state index in [1.807, 2.05) is 0 Å². The quantitative estimate of drug-likeness (QED) is 0.756. The number of benzene rings is 1. The molecular weight excluding hydrogens is 364 g/mol. The van der Waals surface area contributed by atoms with Crippen LogP contribution in [-0.4, -0.2) is 26.9 Å². The number of halogens is 2. The first kappa shape index (κ1) is 17.0. The number of amides is 1. The Balaban J connectivity index is 1.30. The minimum Gasteiger partial charge on any atom is -0.362 e. The molecule has 3 fully saturated rings. The molecule has 0 saturated heterocycles. The van der Waals surface area contributed by atoms with Crippen LogP contribution in [0, 0.1) is 29.0 Å². The Morgan fingerprint density at radius 2 is 1.96 bits per heavy atom. The Hall–Kier alpha value is -3.08. The van der Waals surface area contributed by atoms with E-state index in [2.05, 4.69) is 15.0 Å².